The van der Waals surface area contributed by atoms with Gasteiger partial charge in [0, 0.05) is 26.1 Å². The summed E-state index contributed by atoms with van der Waals surface area (Å²) >= 11 is 0. The fourth-order valence-corrected chi connectivity index (χ4v) is 1.76. The number of rotatable bonds is 4. The Labute approximate surface area is 97.2 Å². The van der Waals surface area contributed by atoms with E-state index in [1.807, 2.05) is 0 Å². The van der Waals surface area contributed by atoms with E-state index in [9.17, 15) is 22.4 Å². The van der Waals surface area contributed by atoms with Crippen LogP contribution in [0.15, 0.2) is 0 Å². The second kappa shape index (κ2) is 5.66. The molecule has 1 N–H and O–H groups in total. The standard InChI is InChI=1S/C10H16F4N2O/c1-7(17)16-4-2-8(3-5-16)15-6-10(13,14)9(11)12/h8-9,15H,2-6H2,1H3. The number of nitrogens with zero attached hydrogens (tertiary/aromatic N) is 1. The van der Waals surface area contributed by atoms with Crippen molar-refractivity contribution in [2.24, 2.45) is 0 Å². The van der Waals surface area contributed by atoms with Crippen molar-refractivity contribution in [3.8, 4) is 0 Å². The number of piperidine rings is 1. The van der Waals surface area contributed by atoms with Gasteiger partial charge >= 0.3 is 12.3 Å². The number of alkyl halides is 4. The lowest BCUT2D eigenvalue weighted by molar-refractivity contribution is -0.131. The SMILES string of the molecule is CC(=O)N1CCC(NCC(F)(F)C(F)F)CC1. The summed E-state index contributed by atoms with van der Waals surface area (Å²) in [5.74, 6) is -4.04. The van der Waals surface area contributed by atoms with Crippen molar-refractivity contribution in [3.63, 3.8) is 0 Å². The van der Waals surface area contributed by atoms with Gasteiger partial charge in [-0.15, -0.1) is 0 Å². The van der Waals surface area contributed by atoms with Gasteiger partial charge in [0.25, 0.3) is 0 Å². The zero-order valence-corrected chi connectivity index (χ0v) is 9.56. The lowest BCUT2D eigenvalue weighted by Crippen LogP contribution is -2.48. The number of hydrogen-bond donors (Lipinski definition) is 1. The first-order valence-corrected chi connectivity index (χ1v) is 5.48. The fourth-order valence-electron chi connectivity index (χ4n) is 1.76. The predicted octanol–water partition coefficient (Wildman–Crippen LogP) is 1.49. The summed E-state index contributed by atoms with van der Waals surface area (Å²) in [5, 5.41) is 2.43. The van der Waals surface area contributed by atoms with Crippen molar-refractivity contribution < 1.29 is 22.4 Å². The van der Waals surface area contributed by atoms with Gasteiger partial charge in [-0.1, -0.05) is 0 Å². The molecule has 1 saturated heterocycles. The summed E-state index contributed by atoms with van der Waals surface area (Å²) in [5.41, 5.74) is 0. The maximum atomic E-state index is 12.6. The normalized spacial score (nSPS) is 18.8. The molecule has 0 aromatic heterocycles. The summed E-state index contributed by atoms with van der Waals surface area (Å²) in [7, 11) is 0. The lowest BCUT2D eigenvalue weighted by atomic mass is 10.0. The largest absolute Gasteiger partial charge is 0.343 e. The highest BCUT2D eigenvalue weighted by Gasteiger charge is 2.40. The predicted molar refractivity (Wildman–Crippen MR) is 54.2 cm³/mol. The summed E-state index contributed by atoms with van der Waals surface area (Å²) in [6.45, 7) is 1.38. The Morgan fingerprint density at radius 1 is 1.41 bits per heavy atom. The molecule has 0 atom stereocenters. The molecule has 17 heavy (non-hydrogen) atoms. The van der Waals surface area contributed by atoms with Crippen molar-refractivity contribution in [1.82, 2.24) is 10.2 Å². The van der Waals surface area contributed by atoms with E-state index in [1.54, 1.807) is 4.90 Å². The molecule has 1 aliphatic rings. The highest BCUT2D eigenvalue weighted by molar-refractivity contribution is 5.73. The van der Waals surface area contributed by atoms with Crippen LogP contribution in [0.5, 0.6) is 0 Å². The molecule has 1 heterocycles. The molecule has 0 saturated carbocycles. The van der Waals surface area contributed by atoms with Crippen molar-refractivity contribution in [1.29, 1.82) is 0 Å². The number of carbonyl (C=O) groups excluding carboxylic acids is 1. The van der Waals surface area contributed by atoms with Crippen LogP contribution in [0.3, 0.4) is 0 Å². The molecule has 0 spiro atoms. The van der Waals surface area contributed by atoms with Gasteiger partial charge < -0.3 is 10.2 Å². The van der Waals surface area contributed by atoms with E-state index >= 15 is 0 Å². The van der Waals surface area contributed by atoms with Crippen LogP contribution in [0.2, 0.25) is 0 Å². The van der Waals surface area contributed by atoms with E-state index < -0.39 is 18.9 Å². The van der Waals surface area contributed by atoms with Crippen LogP contribution in [0.4, 0.5) is 17.6 Å². The van der Waals surface area contributed by atoms with Crippen molar-refractivity contribution >= 4 is 5.91 Å². The Bertz CT molecular complexity index is 265. The Morgan fingerprint density at radius 3 is 2.35 bits per heavy atom. The van der Waals surface area contributed by atoms with Gasteiger partial charge in [0.05, 0.1) is 6.54 Å². The molecule has 3 nitrogen and oxygen atoms in total. The third-order valence-corrected chi connectivity index (χ3v) is 2.89. The average Bonchev–Trinajstić information content (AvgIpc) is 2.27. The van der Waals surface area contributed by atoms with E-state index in [0.29, 0.717) is 25.9 Å². The highest BCUT2D eigenvalue weighted by Crippen LogP contribution is 2.22. The maximum Gasteiger partial charge on any atom is 0.319 e. The minimum atomic E-state index is -3.99. The van der Waals surface area contributed by atoms with Gasteiger partial charge in [0.2, 0.25) is 5.91 Å². The van der Waals surface area contributed by atoms with Crippen LogP contribution in [0.25, 0.3) is 0 Å². The minimum Gasteiger partial charge on any atom is -0.343 e. The highest BCUT2D eigenvalue weighted by atomic mass is 19.3. The Hall–Kier alpha value is -0.850. The van der Waals surface area contributed by atoms with E-state index in [0.717, 1.165) is 0 Å². The molecule has 100 valence electrons. The summed E-state index contributed by atoms with van der Waals surface area (Å²) < 4.78 is 49.0. The van der Waals surface area contributed by atoms with E-state index in [-0.39, 0.29) is 11.9 Å². The van der Waals surface area contributed by atoms with Gasteiger partial charge in [-0.05, 0) is 12.8 Å². The first-order valence-electron chi connectivity index (χ1n) is 5.48. The van der Waals surface area contributed by atoms with Crippen LogP contribution >= 0.6 is 0 Å². The van der Waals surface area contributed by atoms with E-state index in [2.05, 4.69) is 5.32 Å². The first-order chi connectivity index (χ1) is 7.83. The molecule has 1 fully saturated rings. The van der Waals surface area contributed by atoms with Crippen LogP contribution in [-0.2, 0) is 4.79 Å². The summed E-state index contributed by atoms with van der Waals surface area (Å²) in [6, 6.07) is -0.227. The van der Waals surface area contributed by atoms with Crippen LogP contribution in [0.1, 0.15) is 19.8 Å². The number of carbonyl (C=O) groups is 1. The molecule has 0 aromatic carbocycles. The Balaban J connectivity index is 2.29. The fraction of sp³-hybridized carbons (Fsp3) is 0.900. The second-order valence-corrected chi connectivity index (χ2v) is 4.22. The minimum absolute atomic E-state index is 0.0543. The molecule has 0 bridgehead atoms. The molecule has 0 aliphatic carbocycles. The summed E-state index contributed by atoms with van der Waals surface area (Å²) in [6.07, 6.45) is -2.62. The van der Waals surface area contributed by atoms with Crippen molar-refractivity contribution in [2.75, 3.05) is 19.6 Å². The molecular formula is C10H16F4N2O. The van der Waals surface area contributed by atoms with Crippen molar-refractivity contribution in [3.05, 3.63) is 0 Å². The number of nitrogens with one attached hydrogen (secondary N) is 1. The number of hydrogen-bond acceptors (Lipinski definition) is 2. The van der Waals surface area contributed by atoms with Gasteiger partial charge in [-0.2, -0.15) is 8.78 Å². The molecular weight excluding hydrogens is 240 g/mol. The van der Waals surface area contributed by atoms with Gasteiger partial charge in [0.1, 0.15) is 0 Å². The quantitative estimate of drug-likeness (QED) is 0.773. The molecule has 1 rings (SSSR count). The van der Waals surface area contributed by atoms with Crippen LogP contribution in [-0.4, -0.2) is 48.8 Å². The van der Waals surface area contributed by atoms with Crippen LogP contribution < -0.4 is 5.32 Å². The molecule has 7 heteroatoms. The Kier molecular flexibility index (Phi) is 4.73. The monoisotopic (exact) mass is 256 g/mol. The van der Waals surface area contributed by atoms with E-state index in [1.165, 1.54) is 6.92 Å². The number of halogens is 4. The zero-order valence-electron chi connectivity index (χ0n) is 9.56. The Morgan fingerprint density at radius 2 is 1.94 bits per heavy atom. The lowest BCUT2D eigenvalue weighted by Gasteiger charge is -2.32. The molecule has 0 aromatic rings. The summed E-state index contributed by atoms with van der Waals surface area (Å²) in [4.78, 5) is 12.6. The third-order valence-electron chi connectivity index (χ3n) is 2.89. The smallest absolute Gasteiger partial charge is 0.319 e. The molecule has 0 unspecified atom stereocenters. The number of likely N-dealkylation sites (tertiary alicyclic amines) is 1. The third kappa shape index (κ3) is 4.14. The number of amides is 1. The van der Waals surface area contributed by atoms with Crippen LogP contribution in [0, 0.1) is 0 Å². The van der Waals surface area contributed by atoms with E-state index in [4.69, 9.17) is 0 Å². The van der Waals surface area contributed by atoms with Gasteiger partial charge in [-0.25, -0.2) is 8.78 Å². The second-order valence-electron chi connectivity index (χ2n) is 4.22. The molecule has 1 aliphatic heterocycles. The molecule has 1 amide bonds. The van der Waals surface area contributed by atoms with Crippen molar-refractivity contribution in [2.45, 2.75) is 38.2 Å². The maximum absolute atomic E-state index is 12.6. The zero-order chi connectivity index (χ0) is 13.1. The van der Waals surface area contributed by atoms with Gasteiger partial charge in [-0.3, -0.25) is 4.79 Å². The first kappa shape index (κ1) is 14.2. The molecule has 0 radical (unpaired) electrons. The average molecular weight is 256 g/mol. The van der Waals surface area contributed by atoms with Gasteiger partial charge in [0.15, 0.2) is 0 Å². The topological polar surface area (TPSA) is 32.3 Å².